The number of aryl methyl sites for hydroxylation is 1. The van der Waals surface area contributed by atoms with Gasteiger partial charge in [0.15, 0.2) is 0 Å². The minimum atomic E-state index is -0.312. The van der Waals surface area contributed by atoms with E-state index < -0.39 is 0 Å². The van der Waals surface area contributed by atoms with Crippen LogP contribution in [0.25, 0.3) is 0 Å². The highest BCUT2D eigenvalue weighted by molar-refractivity contribution is 6.06. The molecular formula is C21H19NO3. The molecule has 2 aromatic carbocycles. The summed E-state index contributed by atoms with van der Waals surface area (Å²) in [6.45, 7) is 2.25. The predicted octanol–water partition coefficient (Wildman–Crippen LogP) is 3.58. The van der Waals surface area contributed by atoms with E-state index in [1.807, 2.05) is 42.5 Å². The summed E-state index contributed by atoms with van der Waals surface area (Å²) in [6, 6.07) is 17.6. The fourth-order valence-electron chi connectivity index (χ4n) is 3.60. The van der Waals surface area contributed by atoms with Gasteiger partial charge in [0.1, 0.15) is 6.61 Å². The number of nitrogens with zero attached hydrogens (tertiary/aromatic N) is 1. The number of ether oxygens (including phenoxy) is 1. The van der Waals surface area contributed by atoms with Crippen molar-refractivity contribution in [1.29, 1.82) is 0 Å². The first-order valence-electron chi connectivity index (χ1n) is 8.56. The molecule has 4 rings (SSSR count). The molecular weight excluding hydrogens is 314 g/mol. The number of esters is 1. The summed E-state index contributed by atoms with van der Waals surface area (Å²) in [5, 5.41) is 0. The minimum absolute atomic E-state index is 0.00665. The Bertz CT molecular complexity index is 852. The fraction of sp³-hybridized carbons (Fsp3) is 0.238. The summed E-state index contributed by atoms with van der Waals surface area (Å²) in [5.41, 5.74) is 4.30. The van der Waals surface area contributed by atoms with Gasteiger partial charge < -0.3 is 4.74 Å². The molecule has 0 spiro atoms. The number of amides is 1. The van der Waals surface area contributed by atoms with Gasteiger partial charge in [-0.1, -0.05) is 49.4 Å². The zero-order chi connectivity index (χ0) is 17.4. The van der Waals surface area contributed by atoms with Crippen LogP contribution in [0.4, 0.5) is 5.69 Å². The van der Waals surface area contributed by atoms with Gasteiger partial charge in [-0.2, -0.15) is 0 Å². The third kappa shape index (κ3) is 2.64. The van der Waals surface area contributed by atoms with Gasteiger partial charge in [0.2, 0.25) is 5.91 Å². The zero-order valence-electron chi connectivity index (χ0n) is 14.1. The van der Waals surface area contributed by atoms with Crippen LogP contribution < -0.4 is 4.90 Å². The Kier molecular flexibility index (Phi) is 3.88. The van der Waals surface area contributed by atoms with Gasteiger partial charge in [0.05, 0.1) is 11.3 Å². The summed E-state index contributed by atoms with van der Waals surface area (Å²) in [4.78, 5) is 26.9. The van der Waals surface area contributed by atoms with E-state index >= 15 is 0 Å². The lowest BCUT2D eigenvalue weighted by Crippen LogP contribution is -2.37. The normalized spacial score (nSPS) is 19.9. The van der Waals surface area contributed by atoms with E-state index in [-0.39, 0.29) is 30.8 Å². The Balaban J connectivity index is 1.79. The van der Waals surface area contributed by atoms with Crippen LogP contribution in [0.3, 0.4) is 0 Å². The van der Waals surface area contributed by atoms with Crippen LogP contribution in [0.5, 0.6) is 0 Å². The summed E-state index contributed by atoms with van der Waals surface area (Å²) in [6.07, 6.45) is 1.23. The third-order valence-electron chi connectivity index (χ3n) is 4.92. The van der Waals surface area contributed by atoms with Crippen LogP contribution in [0, 0.1) is 0 Å². The number of hydrogen-bond acceptors (Lipinski definition) is 3. The lowest BCUT2D eigenvalue weighted by molar-refractivity contribution is -0.136. The molecule has 4 nitrogen and oxygen atoms in total. The highest BCUT2D eigenvalue weighted by Crippen LogP contribution is 2.41. The van der Waals surface area contributed by atoms with Crippen LogP contribution in [0.15, 0.2) is 65.9 Å². The van der Waals surface area contributed by atoms with E-state index in [0.717, 1.165) is 17.7 Å². The molecule has 2 aliphatic heterocycles. The first-order valence-corrected chi connectivity index (χ1v) is 8.56. The number of benzene rings is 2. The van der Waals surface area contributed by atoms with Crippen LogP contribution in [-0.4, -0.2) is 18.5 Å². The highest BCUT2D eigenvalue weighted by atomic mass is 16.5. The number of para-hydroxylation sites is 1. The monoisotopic (exact) mass is 333 g/mol. The van der Waals surface area contributed by atoms with Gasteiger partial charge in [0.25, 0.3) is 0 Å². The standard InChI is InChI=1S/C21H19NO3/c1-2-14-8-10-15(11-9-14)17-12-19(23)22(16-6-4-3-5-7-16)18-13-25-21(24)20(17)18/h3-11,17H,2,12-13H2,1H3. The Labute approximate surface area is 146 Å². The van der Waals surface area contributed by atoms with Crippen molar-refractivity contribution in [3.63, 3.8) is 0 Å². The molecule has 1 amide bonds. The van der Waals surface area contributed by atoms with Crippen molar-refractivity contribution in [3.05, 3.63) is 77.0 Å². The van der Waals surface area contributed by atoms with Gasteiger partial charge in [-0.3, -0.25) is 9.69 Å². The van der Waals surface area contributed by atoms with Gasteiger partial charge in [-0.25, -0.2) is 4.79 Å². The lowest BCUT2D eigenvalue weighted by Gasteiger charge is -2.31. The maximum absolute atomic E-state index is 12.9. The second-order valence-corrected chi connectivity index (χ2v) is 6.35. The van der Waals surface area contributed by atoms with Crippen LogP contribution >= 0.6 is 0 Å². The number of anilines is 1. The maximum atomic E-state index is 12.9. The maximum Gasteiger partial charge on any atom is 0.336 e. The molecule has 2 aliphatic rings. The molecule has 0 aliphatic carbocycles. The van der Waals surface area contributed by atoms with Gasteiger partial charge in [-0.15, -0.1) is 0 Å². The van der Waals surface area contributed by atoms with Crippen molar-refractivity contribution >= 4 is 17.6 Å². The van der Waals surface area contributed by atoms with E-state index in [1.165, 1.54) is 5.56 Å². The van der Waals surface area contributed by atoms with Crippen molar-refractivity contribution in [2.24, 2.45) is 0 Å². The number of cyclic esters (lactones) is 1. The first kappa shape index (κ1) is 15.6. The van der Waals surface area contributed by atoms with Gasteiger partial charge in [0, 0.05) is 18.0 Å². The van der Waals surface area contributed by atoms with E-state index in [4.69, 9.17) is 4.74 Å². The molecule has 1 unspecified atom stereocenters. The lowest BCUT2D eigenvalue weighted by atomic mass is 9.84. The molecule has 0 fully saturated rings. The predicted molar refractivity (Wildman–Crippen MR) is 95.1 cm³/mol. The van der Waals surface area contributed by atoms with E-state index in [9.17, 15) is 9.59 Å². The first-order chi connectivity index (χ1) is 12.2. The summed E-state index contributed by atoms with van der Waals surface area (Å²) in [5.74, 6) is -0.552. The van der Waals surface area contributed by atoms with Crippen LogP contribution in [0.1, 0.15) is 30.4 Å². The highest BCUT2D eigenvalue weighted by Gasteiger charge is 2.42. The van der Waals surface area contributed by atoms with Crippen LogP contribution in [-0.2, 0) is 20.7 Å². The third-order valence-corrected chi connectivity index (χ3v) is 4.92. The molecule has 0 N–H and O–H groups in total. The summed E-state index contributed by atoms with van der Waals surface area (Å²) >= 11 is 0. The minimum Gasteiger partial charge on any atom is -0.456 e. The average Bonchev–Trinajstić information content (AvgIpc) is 3.03. The topological polar surface area (TPSA) is 46.6 Å². The molecule has 126 valence electrons. The van der Waals surface area contributed by atoms with Crippen LogP contribution in [0.2, 0.25) is 0 Å². The largest absolute Gasteiger partial charge is 0.456 e. The summed E-state index contributed by atoms with van der Waals surface area (Å²) < 4.78 is 5.29. The Morgan fingerprint density at radius 2 is 1.76 bits per heavy atom. The number of carbonyl (C=O) groups is 2. The van der Waals surface area contributed by atoms with E-state index in [0.29, 0.717) is 11.3 Å². The molecule has 4 heteroatoms. The van der Waals surface area contributed by atoms with Crippen molar-refractivity contribution in [1.82, 2.24) is 0 Å². The van der Waals surface area contributed by atoms with Crippen molar-refractivity contribution in [2.75, 3.05) is 11.5 Å². The SMILES string of the molecule is CCc1ccc(C2CC(=O)N(c3ccccc3)C3=C2C(=O)OC3)cc1. The number of hydrogen-bond donors (Lipinski definition) is 0. The second kappa shape index (κ2) is 6.20. The van der Waals surface area contributed by atoms with E-state index in [1.54, 1.807) is 4.90 Å². The van der Waals surface area contributed by atoms with Gasteiger partial charge >= 0.3 is 5.97 Å². The Hall–Kier alpha value is -2.88. The molecule has 0 aromatic heterocycles. The second-order valence-electron chi connectivity index (χ2n) is 6.35. The number of carbonyl (C=O) groups excluding carboxylic acids is 2. The van der Waals surface area contributed by atoms with E-state index in [2.05, 4.69) is 19.1 Å². The molecule has 0 saturated heterocycles. The van der Waals surface area contributed by atoms with Crippen molar-refractivity contribution in [2.45, 2.75) is 25.7 Å². The quantitative estimate of drug-likeness (QED) is 0.807. The smallest absolute Gasteiger partial charge is 0.336 e. The van der Waals surface area contributed by atoms with Gasteiger partial charge in [-0.05, 0) is 29.7 Å². The van der Waals surface area contributed by atoms with Crippen molar-refractivity contribution in [3.8, 4) is 0 Å². The molecule has 0 saturated carbocycles. The molecule has 1 atom stereocenters. The average molecular weight is 333 g/mol. The molecule has 2 aromatic rings. The Morgan fingerprint density at radius 3 is 2.44 bits per heavy atom. The molecule has 25 heavy (non-hydrogen) atoms. The summed E-state index contributed by atoms with van der Waals surface area (Å²) in [7, 11) is 0. The zero-order valence-corrected chi connectivity index (χ0v) is 14.1. The molecule has 0 bridgehead atoms. The van der Waals surface area contributed by atoms with Crippen molar-refractivity contribution < 1.29 is 14.3 Å². The molecule has 0 radical (unpaired) electrons. The fourth-order valence-corrected chi connectivity index (χ4v) is 3.60. The number of rotatable bonds is 3. The molecule has 2 heterocycles. The Morgan fingerprint density at radius 1 is 1.04 bits per heavy atom.